The number of nitrogens with two attached hydrogens (primary N) is 1. The van der Waals surface area contributed by atoms with Crippen molar-refractivity contribution in [2.75, 3.05) is 5.73 Å². The van der Waals surface area contributed by atoms with E-state index >= 15 is 0 Å². The summed E-state index contributed by atoms with van der Waals surface area (Å²) in [6.45, 7) is 1.69. The lowest BCUT2D eigenvalue weighted by Gasteiger charge is -1.99. The van der Waals surface area contributed by atoms with Gasteiger partial charge in [0.2, 0.25) is 5.82 Å². The van der Waals surface area contributed by atoms with Crippen molar-refractivity contribution in [2.45, 2.75) is 6.92 Å². The Kier molecular flexibility index (Phi) is 3.35. The van der Waals surface area contributed by atoms with Crippen molar-refractivity contribution >= 4 is 17.3 Å². The van der Waals surface area contributed by atoms with Crippen LogP contribution >= 0.6 is 11.6 Å². The average molecular weight is 304 g/mol. The Hall–Kier alpha value is -2.40. The molecule has 3 rings (SSSR count). The maximum absolute atomic E-state index is 13.6. The van der Waals surface area contributed by atoms with Gasteiger partial charge in [-0.25, -0.2) is 4.39 Å². The lowest BCUT2D eigenvalue weighted by Crippen LogP contribution is -1.88. The van der Waals surface area contributed by atoms with Gasteiger partial charge < -0.3 is 10.3 Å². The van der Waals surface area contributed by atoms with E-state index in [1.54, 1.807) is 37.3 Å². The van der Waals surface area contributed by atoms with E-state index in [0.29, 0.717) is 39.1 Å². The van der Waals surface area contributed by atoms with E-state index in [-0.39, 0.29) is 5.82 Å². The number of halogens is 2. The van der Waals surface area contributed by atoms with Gasteiger partial charge in [-0.3, -0.25) is 0 Å². The summed E-state index contributed by atoms with van der Waals surface area (Å²) in [6, 6.07) is 9.81. The van der Waals surface area contributed by atoms with E-state index < -0.39 is 0 Å². The van der Waals surface area contributed by atoms with Gasteiger partial charge in [0.25, 0.3) is 5.89 Å². The first-order valence-corrected chi connectivity index (χ1v) is 6.58. The first kappa shape index (κ1) is 13.6. The molecule has 6 heteroatoms. The average Bonchev–Trinajstić information content (AvgIpc) is 2.94. The van der Waals surface area contributed by atoms with Gasteiger partial charge >= 0.3 is 0 Å². The zero-order chi connectivity index (χ0) is 15.0. The minimum absolute atomic E-state index is 0.300. The van der Waals surface area contributed by atoms with Crippen LogP contribution in [-0.2, 0) is 0 Å². The molecular weight excluding hydrogens is 293 g/mol. The molecule has 1 heterocycles. The summed E-state index contributed by atoms with van der Waals surface area (Å²) in [6.07, 6.45) is 0. The van der Waals surface area contributed by atoms with Crippen LogP contribution in [-0.4, -0.2) is 10.1 Å². The van der Waals surface area contributed by atoms with Crippen molar-refractivity contribution in [1.29, 1.82) is 0 Å². The Morgan fingerprint density at radius 2 is 1.90 bits per heavy atom. The maximum Gasteiger partial charge on any atom is 0.258 e. The smallest absolute Gasteiger partial charge is 0.258 e. The Morgan fingerprint density at radius 3 is 2.62 bits per heavy atom. The van der Waals surface area contributed by atoms with Crippen LogP contribution in [0.2, 0.25) is 5.02 Å². The number of aromatic nitrogens is 2. The minimum atomic E-state index is -0.311. The first-order chi connectivity index (χ1) is 10.0. The Bertz CT molecular complexity index is 750. The molecule has 1 aromatic heterocycles. The van der Waals surface area contributed by atoms with Gasteiger partial charge in [-0.05, 0) is 36.8 Å². The highest BCUT2D eigenvalue weighted by molar-refractivity contribution is 6.33. The number of nitrogen functional groups attached to an aromatic ring is 1. The van der Waals surface area contributed by atoms with Crippen molar-refractivity contribution in [2.24, 2.45) is 0 Å². The Morgan fingerprint density at radius 1 is 1.14 bits per heavy atom. The number of hydrogen-bond donors (Lipinski definition) is 1. The molecule has 0 saturated carbocycles. The molecule has 0 saturated heterocycles. The number of nitrogens with zero attached hydrogens (tertiary/aromatic N) is 2. The predicted molar refractivity (Wildman–Crippen MR) is 79.3 cm³/mol. The fourth-order valence-corrected chi connectivity index (χ4v) is 1.98. The number of aryl methyl sites for hydroxylation is 1. The molecule has 3 aromatic rings. The second-order valence-corrected chi connectivity index (χ2v) is 5.03. The summed E-state index contributed by atoms with van der Waals surface area (Å²) in [5, 5.41) is 4.32. The molecule has 0 bridgehead atoms. The molecule has 0 aliphatic heterocycles. The van der Waals surface area contributed by atoms with Gasteiger partial charge in [0.05, 0.1) is 10.7 Å². The molecule has 0 spiro atoms. The third-order valence-electron chi connectivity index (χ3n) is 3.10. The van der Waals surface area contributed by atoms with Crippen LogP contribution in [0, 0.1) is 12.7 Å². The molecular formula is C15H11ClFN3O. The Labute approximate surface area is 125 Å². The third kappa shape index (κ3) is 2.60. The summed E-state index contributed by atoms with van der Waals surface area (Å²) in [5.41, 5.74) is 7.94. The minimum Gasteiger partial charge on any atom is -0.398 e. The number of rotatable bonds is 2. The highest BCUT2D eigenvalue weighted by Crippen LogP contribution is 2.27. The molecule has 0 aliphatic rings. The fourth-order valence-electron chi connectivity index (χ4n) is 1.87. The molecule has 2 N–H and O–H groups in total. The molecule has 0 unspecified atom stereocenters. The van der Waals surface area contributed by atoms with Crippen LogP contribution in [0.5, 0.6) is 0 Å². The highest BCUT2D eigenvalue weighted by atomic mass is 35.5. The molecule has 0 atom stereocenters. The second kappa shape index (κ2) is 5.18. The van der Waals surface area contributed by atoms with E-state index in [9.17, 15) is 4.39 Å². The SMILES string of the molecule is Cc1ccc(-c2noc(-c3ccc(Cl)c(N)c3)n2)cc1F. The van der Waals surface area contributed by atoms with Crippen LogP contribution in [0.1, 0.15) is 5.56 Å². The molecule has 106 valence electrons. The number of anilines is 1. The van der Waals surface area contributed by atoms with Crippen molar-refractivity contribution < 1.29 is 8.91 Å². The van der Waals surface area contributed by atoms with E-state index in [1.807, 2.05) is 0 Å². The summed E-state index contributed by atoms with van der Waals surface area (Å²) in [7, 11) is 0. The van der Waals surface area contributed by atoms with Crippen LogP contribution in [0.15, 0.2) is 40.9 Å². The molecule has 4 nitrogen and oxygen atoms in total. The molecule has 2 aromatic carbocycles. The lowest BCUT2D eigenvalue weighted by atomic mass is 10.1. The molecule has 21 heavy (non-hydrogen) atoms. The first-order valence-electron chi connectivity index (χ1n) is 6.20. The molecule has 0 radical (unpaired) electrons. The summed E-state index contributed by atoms with van der Waals surface area (Å²) >= 11 is 5.87. The fraction of sp³-hybridized carbons (Fsp3) is 0.0667. The van der Waals surface area contributed by atoms with E-state index in [0.717, 1.165) is 0 Å². The molecule has 0 amide bonds. The van der Waals surface area contributed by atoms with E-state index in [4.69, 9.17) is 21.9 Å². The second-order valence-electron chi connectivity index (χ2n) is 4.62. The van der Waals surface area contributed by atoms with Gasteiger partial charge in [-0.2, -0.15) is 4.98 Å². The quantitative estimate of drug-likeness (QED) is 0.724. The van der Waals surface area contributed by atoms with Crippen molar-refractivity contribution in [1.82, 2.24) is 10.1 Å². The molecule has 0 aliphatic carbocycles. The highest BCUT2D eigenvalue weighted by Gasteiger charge is 2.12. The van der Waals surface area contributed by atoms with E-state index in [2.05, 4.69) is 10.1 Å². The number of benzene rings is 2. The van der Waals surface area contributed by atoms with Gasteiger partial charge in [-0.15, -0.1) is 0 Å². The maximum atomic E-state index is 13.6. The topological polar surface area (TPSA) is 64.9 Å². The van der Waals surface area contributed by atoms with Gasteiger partial charge in [0, 0.05) is 11.1 Å². The van der Waals surface area contributed by atoms with Crippen molar-refractivity contribution in [3.05, 3.63) is 52.8 Å². The zero-order valence-corrected chi connectivity index (χ0v) is 11.9. The number of hydrogen-bond acceptors (Lipinski definition) is 4. The van der Waals surface area contributed by atoms with Crippen LogP contribution in [0.4, 0.5) is 10.1 Å². The monoisotopic (exact) mass is 303 g/mol. The van der Waals surface area contributed by atoms with Crippen molar-refractivity contribution in [3.8, 4) is 22.8 Å². The summed E-state index contributed by atoms with van der Waals surface area (Å²) < 4.78 is 18.8. The van der Waals surface area contributed by atoms with Gasteiger partial charge in [0.1, 0.15) is 5.82 Å². The van der Waals surface area contributed by atoms with Crippen LogP contribution in [0.3, 0.4) is 0 Å². The summed E-state index contributed by atoms with van der Waals surface area (Å²) in [5.74, 6) is 0.307. The summed E-state index contributed by atoms with van der Waals surface area (Å²) in [4.78, 5) is 4.25. The predicted octanol–water partition coefficient (Wildman–Crippen LogP) is 4.09. The Balaban J connectivity index is 1.99. The molecule has 0 fully saturated rings. The van der Waals surface area contributed by atoms with Crippen LogP contribution in [0.25, 0.3) is 22.8 Å². The largest absolute Gasteiger partial charge is 0.398 e. The van der Waals surface area contributed by atoms with Gasteiger partial charge in [-0.1, -0.05) is 28.9 Å². The van der Waals surface area contributed by atoms with Crippen LogP contribution < -0.4 is 5.73 Å². The normalized spacial score (nSPS) is 10.8. The third-order valence-corrected chi connectivity index (χ3v) is 3.44. The lowest BCUT2D eigenvalue weighted by molar-refractivity contribution is 0.432. The zero-order valence-electron chi connectivity index (χ0n) is 11.1. The standard InChI is InChI=1S/C15H11ClFN3O/c1-8-2-3-9(6-12(8)17)14-19-15(21-20-14)10-4-5-11(16)13(18)7-10/h2-7H,18H2,1H3. The van der Waals surface area contributed by atoms with Crippen molar-refractivity contribution in [3.63, 3.8) is 0 Å². The van der Waals surface area contributed by atoms with E-state index in [1.165, 1.54) is 6.07 Å². The van der Waals surface area contributed by atoms with Gasteiger partial charge in [0.15, 0.2) is 0 Å².